The van der Waals surface area contributed by atoms with E-state index < -0.39 is 11.9 Å². The van der Waals surface area contributed by atoms with Crippen LogP contribution in [0.4, 0.5) is 0 Å². The topological polar surface area (TPSA) is 149 Å². The van der Waals surface area contributed by atoms with Gasteiger partial charge in [-0.25, -0.2) is 14.6 Å². The number of rotatable bonds is 9. The summed E-state index contributed by atoms with van der Waals surface area (Å²) in [7, 11) is 4.60. The van der Waals surface area contributed by atoms with Crippen LogP contribution in [0.25, 0.3) is 17.0 Å². The van der Waals surface area contributed by atoms with Gasteiger partial charge in [0.1, 0.15) is 0 Å². The lowest BCUT2D eigenvalue weighted by Crippen LogP contribution is -1.99. The van der Waals surface area contributed by atoms with Gasteiger partial charge in [0, 0.05) is 22.6 Å². The Labute approximate surface area is 235 Å². The molecule has 4 rings (SSSR count). The molecule has 41 heavy (non-hydrogen) atoms. The van der Waals surface area contributed by atoms with Crippen LogP contribution < -0.4 is 14.2 Å². The van der Waals surface area contributed by atoms with Crippen molar-refractivity contribution in [3.05, 3.63) is 101 Å². The Morgan fingerprint density at radius 1 is 0.683 bits per heavy atom. The molecule has 0 aliphatic heterocycles. The lowest BCUT2D eigenvalue weighted by atomic mass is 10.1. The molecule has 0 aliphatic carbocycles. The van der Waals surface area contributed by atoms with E-state index in [1.165, 1.54) is 75.8 Å². The fraction of sp³-hybridized carbons (Fsp3) is 0.129. The number of fused-ring (bicyclic) bond motifs is 1. The number of Topliss-reactive ketones (excluding diaryl/α,β-unsaturated/α-hetero) is 1. The number of carboxylic acid groups (broad SMARTS) is 2. The van der Waals surface area contributed by atoms with Gasteiger partial charge in [0.05, 0.1) is 43.7 Å². The number of carboxylic acids is 2. The van der Waals surface area contributed by atoms with Crippen LogP contribution in [0, 0.1) is 0 Å². The van der Waals surface area contributed by atoms with Crippen LogP contribution in [-0.2, 0) is 0 Å². The van der Waals surface area contributed by atoms with Gasteiger partial charge in [-0.3, -0.25) is 9.59 Å². The summed E-state index contributed by atoms with van der Waals surface area (Å²) in [6, 6.07) is 16.9. The first-order valence-corrected chi connectivity index (χ1v) is 12.1. The molecule has 0 atom stereocenters. The number of hydrogen-bond acceptors (Lipinski definition) is 8. The molecule has 210 valence electrons. The zero-order valence-corrected chi connectivity index (χ0v) is 22.7. The first-order chi connectivity index (χ1) is 19.6. The predicted molar refractivity (Wildman–Crippen MR) is 152 cm³/mol. The molecule has 0 unspecified atom stereocenters. The van der Waals surface area contributed by atoms with Crippen LogP contribution in [0.5, 0.6) is 17.2 Å². The van der Waals surface area contributed by atoms with Gasteiger partial charge in [0.15, 0.2) is 23.1 Å². The van der Waals surface area contributed by atoms with E-state index in [0.717, 1.165) is 5.39 Å². The Hall–Kier alpha value is -5.51. The molecule has 0 aliphatic rings. The maximum atomic E-state index is 12.3. The van der Waals surface area contributed by atoms with Crippen molar-refractivity contribution in [3.63, 3.8) is 0 Å². The smallest absolute Gasteiger partial charge is 0.335 e. The number of benzene rings is 3. The number of aromatic nitrogens is 1. The zero-order chi connectivity index (χ0) is 30.1. The Bertz CT molecular complexity index is 1590. The Balaban J connectivity index is 0.000000322. The number of carbonyl (C=O) groups excluding carboxylic acids is 2. The molecule has 0 amide bonds. The number of nitrogens with zero attached hydrogens (tertiary/aromatic N) is 1. The molecular formula is C31H27NO9. The van der Waals surface area contributed by atoms with Crippen LogP contribution in [0.2, 0.25) is 0 Å². The van der Waals surface area contributed by atoms with Gasteiger partial charge >= 0.3 is 11.9 Å². The van der Waals surface area contributed by atoms with Gasteiger partial charge in [0.25, 0.3) is 0 Å². The monoisotopic (exact) mass is 557 g/mol. The summed E-state index contributed by atoms with van der Waals surface area (Å²) in [6.45, 7) is 1.44. The molecule has 0 fully saturated rings. The van der Waals surface area contributed by atoms with Gasteiger partial charge in [-0.1, -0.05) is 24.3 Å². The molecule has 0 radical (unpaired) electrons. The molecule has 3 aromatic carbocycles. The van der Waals surface area contributed by atoms with Gasteiger partial charge < -0.3 is 24.4 Å². The molecule has 4 aromatic rings. The molecule has 0 spiro atoms. The summed E-state index contributed by atoms with van der Waals surface area (Å²) in [4.78, 5) is 48.9. The van der Waals surface area contributed by atoms with Crippen molar-refractivity contribution in [2.24, 2.45) is 0 Å². The fourth-order valence-electron chi connectivity index (χ4n) is 3.74. The third-order valence-corrected chi connectivity index (χ3v) is 5.88. The average Bonchev–Trinajstić information content (AvgIpc) is 2.98. The molecule has 1 aromatic heterocycles. The normalized spacial score (nSPS) is 10.4. The van der Waals surface area contributed by atoms with Crippen molar-refractivity contribution < 1.29 is 43.6 Å². The first-order valence-electron chi connectivity index (χ1n) is 12.1. The third kappa shape index (κ3) is 7.33. The minimum Gasteiger partial charge on any atom is -0.493 e. The van der Waals surface area contributed by atoms with Crippen LogP contribution >= 0.6 is 0 Å². The second-order valence-corrected chi connectivity index (χ2v) is 8.47. The summed E-state index contributed by atoms with van der Waals surface area (Å²) in [5.41, 5.74) is 2.43. The number of allylic oxidation sites excluding steroid dienone is 1. The highest BCUT2D eigenvalue weighted by Gasteiger charge is 2.16. The van der Waals surface area contributed by atoms with E-state index in [0.29, 0.717) is 39.6 Å². The molecule has 10 heteroatoms. The number of pyridine rings is 1. The van der Waals surface area contributed by atoms with E-state index >= 15 is 0 Å². The number of ether oxygens (including phenoxy) is 3. The number of aromatic carboxylic acids is 2. The number of carbonyl (C=O) groups is 4. The van der Waals surface area contributed by atoms with Crippen LogP contribution in [0.1, 0.15) is 54.0 Å². The molecule has 0 bridgehead atoms. The number of hydrogen-bond donors (Lipinski definition) is 2. The van der Waals surface area contributed by atoms with Crippen LogP contribution in [-0.4, -0.2) is 60.0 Å². The minimum atomic E-state index is -1.04. The highest BCUT2D eigenvalue weighted by atomic mass is 16.5. The van der Waals surface area contributed by atoms with E-state index in [-0.39, 0.29) is 22.7 Å². The summed E-state index contributed by atoms with van der Waals surface area (Å²) in [6.07, 6.45) is 2.98. The van der Waals surface area contributed by atoms with Gasteiger partial charge in [0.2, 0.25) is 5.75 Å². The highest BCUT2D eigenvalue weighted by Crippen LogP contribution is 2.42. The van der Waals surface area contributed by atoms with Crippen LogP contribution in [0.3, 0.4) is 0 Å². The van der Waals surface area contributed by atoms with Crippen molar-refractivity contribution in [2.45, 2.75) is 6.92 Å². The molecule has 0 saturated heterocycles. The molecular weight excluding hydrogens is 530 g/mol. The highest BCUT2D eigenvalue weighted by molar-refractivity contribution is 6.07. The molecule has 2 N–H and O–H groups in total. The van der Waals surface area contributed by atoms with Gasteiger partial charge in [-0.2, -0.15) is 0 Å². The van der Waals surface area contributed by atoms with E-state index in [4.69, 9.17) is 24.4 Å². The van der Waals surface area contributed by atoms with Crippen molar-refractivity contribution in [3.8, 4) is 17.2 Å². The predicted octanol–water partition coefficient (Wildman–Crippen LogP) is 5.44. The Kier molecular flexibility index (Phi) is 9.91. The first kappa shape index (κ1) is 30.0. The van der Waals surface area contributed by atoms with Crippen molar-refractivity contribution in [2.75, 3.05) is 21.3 Å². The van der Waals surface area contributed by atoms with Crippen molar-refractivity contribution in [1.82, 2.24) is 4.98 Å². The fourth-order valence-corrected chi connectivity index (χ4v) is 3.74. The largest absolute Gasteiger partial charge is 0.493 e. The zero-order valence-electron chi connectivity index (χ0n) is 22.7. The summed E-state index contributed by atoms with van der Waals surface area (Å²) in [5, 5.41) is 18.2. The lowest BCUT2D eigenvalue weighted by molar-refractivity contribution is 0.0686. The van der Waals surface area contributed by atoms with E-state index in [1.807, 2.05) is 6.07 Å². The average molecular weight is 558 g/mol. The van der Waals surface area contributed by atoms with Crippen LogP contribution in [0.15, 0.2) is 72.8 Å². The van der Waals surface area contributed by atoms with E-state index in [1.54, 1.807) is 25.3 Å². The number of ketones is 2. The molecule has 0 saturated carbocycles. The standard InChI is InChI=1S/C22H19NO6.C9H8O3/c1-27-19-12-17-16(20(28-2)21(19)29-3)10-8-15(23-17)9-11-18(24)13-4-6-14(7-5-13)22(25)26;1-6(10)7-2-4-8(5-3-7)9(11)12/h4-12H,1-3H3,(H,25,26);2-5H,1H3,(H,11,12). The minimum absolute atomic E-state index is 0.0630. The molecule has 1 heterocycles. The molecule has 10 nitrogen and oxygen atoms in total. The summed E-state index contributed by atoms with van der Waals surface area (Å²) < 4.78 is 16.2. The van der Waals surface area contributed by atoms with E-state index in [9.17, 15) is 19.2 Å². The lowest BCUT2D eigenvalue weighted by Gasteiger charge is -2.14. The Morgan fingerprint density at radius 2 is 1.20 bits per heavy atom. The van der Waals surface area contributed by atoms with Gasteiger partial charge in [-0.05, 0) is 55.5 Å². The maximum Gasteiger partial charge on any atom is 0.335 e. The Morgan fingerprint density at radius 3 is 1.66 bits per heavy atom. The quantitative estimate of drug-likeness (QED) is 0.201. The third-order valence-electron chi connectivity index (χ3n) is 5.88. The second-order valence-electron chi connectivity index (χ2n) is 8.47. The SMILES string of the molecule is CC(=O)c1ccc(C(=O)O)cc1.COc1cc2nc(C=CC(=O)c3ccc(C(=O)O)cc3)ccc2c(OC)c1OC. The summed E-state index contributed by atoms with van der Waals surface area (Å²) in [5.74, 6) is -0.861. The van der Waals surface area contributed by atoms with Gasteiger partial charge in [-0.15, -0.1) is 0 Å². The van der Waals surface area contributed by atoms with Crippen molar-refractivity contribution >= 4 is 40.5 Å². The maximum absolute atomic E-state index is 12.3. The summed E-state index contributed by atoms with van der Waals surface area (Å²) >= 11 is 0. The number of methoxy groups -OCH3 is 3. The van der Waals surface area contributed by atoms with E-state index in [2.05, 4.69) is 4.98 Å². The second kappa shape index (κ2) is 13.5. The van der Waals surface area contributed by atoms with Crippen molar-refractivity contribution in [1.29, 1.82) is 0 Å².